The highest BCUT2D eigenvalue weighted by atomic mass is 32.2. The average Bonchev–Trinajstić information content (AvgIpc) is 3.31. The van der Waals surface area contributed by atoms with Crippen LogP contribution in [-0.2, 0) is 10.0 Å². The molecule has 2 N–H and O–H groups in total. The molecule has 0 saturated heterocycles. The molecule has 3 rings (SSSR count). The fraction of sp³-hybridized carbons (Fsp3) is 0.412. The van der Waals surface area contributed by atoms with Gasteiger partial charge in [-0.25, -0.2) is 18.1 Å². The zero-order valence-electron chi connectivity index (χ0n) is 14.2. The third-order valence-electron chi connectivity index (χ3n) is 4.04. The lowest BCUT2D eigenvalue weighted by Crippen LogP contribution is -2.32. The molecule has 0 spiro atoms. The van der Waals surface area contributed by atoms with Crippen molar-refractivity contribution in [1.29, 1.82) is 0 Å². The maximum absolute atomic E-state index is 12.3. The van der Waals surface area contributed by atoms with E-state index in [9.17, 15) is 13.2 Å². The van der Waals surface area contributed by atoms with E-state index in [0.717, 1.165) is 12.8 Å². The van der Waals surface area contributed by atoms with Gasteiger partial charge in [0.25, 0.3) is 5.91 Å². The normalized spacial score (nSPS) is 15.8. The molecule has 134 valence electrons. The van der Waals surface area contributed by atoms with Gasteiger partial charge in [-0.3, -0.25) is 4.79 Å². The van der Waals surface area contributed by atoms with E-state index in [1.807, 2.05) is 6.92 Å². The molecule has 1 atom stereocenters. The van der Waals surface area contributed by atoms with E-state index in [2.05, 4.69) is 15.0 Å². The summed E-state index contributed by atoms with van der Waals surface area (Å²) in [6.07, 6.45) is 4.15. The number of hydrogen-bond acceptors (Lipinski definition) is 5. The third kappa shape index (κ3) is 4.26. The first-order valence-electron chi connectivity index (χ1n) is 8.28. The van der Waals surface area contributed by atoms with Crippen LogP contribution in [-0.4, -0.2) is 25.4 Å². The van der Waals surface area contributed by atoms with Crippen molar-refractivity contribution in [3.63, 3.8) is 0 Å². The van der Waals surface area contributed by atoms with Gasteiger partial charge < -0.3 is 9.73 Å². The second kappa shape index (κ2) is 6.97. The molecule has 2 aromatic rings. The fourth-order valence-corrected chi connectivity index (χ4v) is 3.63. The molecule has 1 heterocycles. The van der Waals surface area contributed by atoms with Crippen molar-refractivity contribution in [1.82, 2.24) is 9.71 Å². The van der Waals surface area contributed by atoms with Crippen LogP contribution in [0.4, 0.5) is 5.69 Å². The summed E-state index contributed by atoms with van der Waals surface area (Å²) in [4.78, 5) is 16.5. The van der Waals surface area contributed by atoms with Gasteiger partial charge in [-0.2, -0.15) is 0 Å². The minimum Gasteiger partial charge on any atom is -0.435 e. The number of benzene rings is 1. The Labute approximate surface area is 146 Å². The third-order valence-corrected chi connectivity index (χ3v) is 5.63. The number of carbonyl (C=O) groups is 1. The van der Waals surface area contributed by atoms with Crippen molar-refractivity contribution in [2.75, 3.05) is 5.32 Å². The molecule has 8 heteroatoms. The van der Waals surface area contributed by atoms with Gasteiger partial charge in [-0.15, -0.1) is 0 Å². The molecule has 1 fully saturated rings. The molecule has 1 aromatic carbocycles. The van der Waals surface area contributed by atoms with Crippen molar-refractivity contribution in [3.8, 4) is 0 Å². The van der Waals surface area contributed by atoms with Crippen molar-refractivity contribution >= 4 is 21.6 Å². The lowest BCUT2D eigenvalue weighted by Gasteiger charge is -2.13. The van der Waals surface area contributed by atoms with E-state index in [1.165, 1.54) is 18.3 Å². The first-order chi connectivity index (χ1) is 11.9. The molecule has 1 unspecified atom stereocenters. The Bertz CT molecular complexity index is 872. The number of hydrogen-bond donors (Lipinski definition) is 2. The largest absolute Gasteiger partial charge is 0.435 e. The Morgan fingerprint density at radius 2 is 2.16 bits per heavy atom. The summed E-state index contributed by atoms with van der Waals surface area (Å²) in [5.74, 6) is 0.567. The molecular weight excluding hydrogens is 342 g/mol. The number of carbonyl (C=O) groups excluding carboxylic acids is 1. The van der Waals surface area contributed by atoms with Crippen LogP contribution in [0, 0.1) is 0 Å². The highest BCUT2D eigenvalue weighted by Crippen LogP contribution is 2.39. The molecule has 7 nitrogen and oxygen atoms in total. The molecule has 1 amide bonds. The van der Waals surface area contributed by atoms with Crippen LogP contribution in [0.5, 0.6) is 0 Å². The Morgan fingerprint density at radius 1 is 1.40 bits per heavy atom. The molecule has 1 aliphatic carbocycles. The summed E-state index contributed by atoms with van der Waals surface area (Å²) >= 11 is 0. The number of nitrogens with one attached hydrogen (secondary N) is 2. The molecule has 25 heavy (non-hydrogen) atoms. The predicted octanol–water partition coefficient (Wildman–Crippen LogP) is 2.88. The number of nitrogens with zero attached hydrogens (tertiary/aromatic N) is 1. The van der Waals surface area contributed by atoms with Gasteiger partial charge in [0, 0.05) is 17.6 Å². The van der Waals surface area contributed by atoms with E-state index in [0.29, 0.717) is 23.9 Å². The van der Waals surface area contributed by atoms with Crippen LogP contribution in [0.2, 0.25) is 0 Å². The Hall–Kier alpha value is -2.19. The van der Waals surface area contributed by atoms with Crippen LogP contribution in [0.3, 0.4) is 0 Å². The summed E-state index contributed by atoms with van der Waals surface area (Å²) in [5, 5.41) is 2.65. The Morgan fingerprint density at radius 3 is 2.84 bits per heavy atom. The zero-order valence-corrected chi connectivity index (χ0v) is 15.0. The summed E-state index contributed by atoms with van der Waals surface area (Å²) < 4.78 is 32.7. The second-order valence-electron chi connectivity index (χ2n) is 6.25. The van der Waals surface area contributed by atoms with Crippen LogP contribution in [0.15, 0.2) is 39.8 Å². The number of amides is 1. The lowest BCUT2D eigenvalue weighted by atomic mass is 10.3. The van der Waals surface area contributed by atoms with E-state index >= 15 is 0 Å². The topological polar surface area (TPSA) is 101 Å². The summed E-state index contributed by atoms with van der Waals surface area (Å²) in [6.45, 7) is 3.70. The SMILES string of the molecule is CCC(C)NS(=O)(=O)c1cccc(NC(=O)c2cnc(C3CC3)o2)c1. The van der Waals surface area contributed by atoms with Crippen LogP contribution >= 0.6 is 0 Å². The predicted molar refractivity (Wildman–Crippen MR) is 92.9 cm³/mol. The molecule has 1 aromatic heterocycles. The zero-order chi connectivity index (χ0) is 18.0. The molecule has 1 saturated carbocycles. The maximum atomic E-state index is 12.3. The van der Waals surface area contributed by atoms with Gasteiger partial charge in [0.2, 0.25) is 15.8 Å². The summed E-state index contributed by atoms with van der Waals surface area (Å²) in [7, 11) is -3.63. The smallest absolute Gasteiger partial charge is 0.293 e. The van der Waals surface area contributed by atoms with Crippen LogP contribution in [0.25, 0.3) is 0 Å². The summed E-state index contributed by atoms with van der Waals surface area (Å²) in [6, 6.07) is 5.94. The van der Waals surface area contributed by atoms with E-state index in [1.54, 1.807) is 19.1 Å². The molecule has 0 aliphatic heterocycles. The monoisotopic (exact) mass is 363 g/mol. The van der Waals surface area contributed by atoms with Gasteiger partial charge >= 0.3 is 0 Å². The lowest BCUT2D eigenvalue weighted by molar-refractivity contribution is 0.0995. The van der Waals surface area contributed by atoms with Gasteiger partial charge in [0.15, 0.2) is 5.89 Å². The minimum atomic E-state index is -3.63. The van der Waals surface area contributed by atoms with Gasteiger partial charge in [0.05, 0.1) is 11.1 Å². The number of sulfonamides is 1. The standard InChI is InChI=1S/C17H21N3O4S/c1-3-11(2)20-25(22,23)14-6-4-5-13(9-14)19-16(21)15-10-18-17(24-15)12-7-8-12/h4-6,9-12,20H,3,7-8H2,1-2H3,(H,19,21). The second-order valence-corrected chi connectivity index (χ2v) is 7.96. The number of aromatic nitrogens is 1. The van der Waals surface area contributed by atoms with E-state index in [4.69, 9.17) is 4.42 Å². The number of rotatable bonds is 7. The average molecular weight is 363 g/mol. The van der Waals surface area contributed by atoms with Crippen molar-refractivity contribution < 1.29 is 17.6 Å². The van der Waals surface area contributed by atoms with Crippen LogP contribution in [0.1, 0.15) is 55.5 Å². The first-order valence-corrected chi connectivity index (χ1v) is 9.77. The van der Waals surface area contributed by atoms with Gasteiger partial charge in [-0.05, 0) is 44.4 Å². The molecule has 0 radical (unpaired) electrons. The first kappa shape index (κ1) is 17.6. The van der Waals surface area contributed by atoms with Gasteiger partial charge in [-0.1, -0.05) is 13.0 Å². The molecule has 1 aliphatic rings. The van der Waals surface area contributed by atoms with E-state index < -0.39 is 15.9 Å². The molecular formula is C17H21N3O4S. The van der Waals surface area contributed by atoms with Crippen molar-refractivity contribution in [2.24, 2.45) is 0 Å². The minimum absolute atomic E-state index is 0.0989. The van der Waals surface area contributed by atoms with Crippen LogP contribution < -0.4 is 10.0 Å². The van der Waals surface area contributed by atoms with Gasteiger partial charge in [0.1, 0.15) is 0 Å². The molecule has 0 bridgehead atoms. The maximum Gasteiger partial charge on any atom is 0.293 e. The highest BCUT2D eigenvalue weighted by Gasteiger charge is 2.29. The fourth-order valence-electron chi connectivity index (χ4n) is 2.26. The van der Waals surface area contributed by atoms with Crippen molar-refractivity contribution in [3.05, 3.63) is 42.1 Å². The Kier molecular flexibility index (Phi) is 4.91. The number of anilines is 1. The highest BCUT2D eigenvalue weighted by molar-refractivity contribution is 7.89. The quantitative estimate of drug-likeness (QED) is 0.788. The summed E-state index contributed by atoms with van der Waals surface area (Å²) in [5.41, 5.74) is 0.376. The number of oxazole rings is 1. The Balaban J connectivity index is 1.73. The van der Waals surface area contributed by atoms with E-state index in [-0.39, 0.29) is 16.7 Å². The van der Waals surface area contributed by atoms with Crippen molar-refractivity contribution in [2.45, 2.75) is 50.0 Å².